The maximum Gasteiger partial charge on any atom is 0.376 e. The van der Waals surface area contributed by atoms with E-state index in [1.54, 1.807) is 0 Å². The summed E-state index contributed by atoms with van der Waals surface area (Å²) in [5.74, 6) is -1.32. The van der Waals surface area contributed by atoms with Crippen molar-refractivity contribution in [3.05, 3.63) is 21.1 Å². The second-order valence-corrected chi connectivity index (χ2v) is 1.86. The minimum atomic E-state index is -1.32. The number of rotatable bonds is 1. The lowest BCUT2D eigenvalue weighted by molar-refractivity contribution is 0.0686. The van der Waals surface area contributed by atoms with E-state index in [0.29, 0.717) is 0 Å². The first-order valence-electron chi connectivity index (χ1n) is 2.23. The van der Waals surface area contributed by atoms with Gasteiger partial charge in [-0.25, -0.2) is 14.7 Å². The highest BCUT2D eigenvalue weighted by Crippen LogP contribution is 2.06. The Morgan fingerprint density at radius 2 is 2.30 bits per heavy atom. The maximum absolute atomic E-state index is 10.4. The summed E-state index contributed by atoms with van der Waals surface area (Å²) in [7, 11) is 0. The van der Waals surface area contributed by atoms with Gasteiger partial charge in [-0.2, -0.15) is 0 Å². The lowest BCUT2D eigenvalue weighted by Crippen LogP contribution is -1.99. The molecule has 1 aromatic rings. The van der Waals surface area contributed by atoms with Crippen LogP contribution in [-0.4, -0.2) is 16.2 Å². The van der Waals surface area contributed by atoms with E-state index < -0.39 is 22.3 Å². The van der Waals surface area contributed by atoms with Crippen LogP contribution in [0, 0.1) is 0 Å². The van der Waals surface area contributed by atoms with Crippen LogP contribution in [0.2, 0.25) is 5.02 Å². The van der Waals surface area contributed by atoms with Gasteiger partial charge in [-0.1, -0.05) is 11.6 Å². The fraction of sp³-hybridized carbons (Fsp3) is 0. The fourth-order valence-electron chi connectivity index (χ4n) is 0.427. The molecule has 1 heterocycles. The lowest BCUT2D eigenvalue weighted by atomic mass is 10.4. The van der Waals surface area contributed by atoms with Gasteiger partial charge in [-0.3, -0.25) is 0 Å². The number of halogens is 1. The molecule has 0 radical (unpaired) electrons. The Kier molecular flexibility index (Phi) is 1.50. The maximum atomic E-state index is 10.4. The Hall–Kier alpha value is -1.23. The standard InChI is InChI=1S/C4H2ClNO4/c5-1-2(3(7)8)6-10-4(1)9/h6H,(H,7,8). The van der Waals surface area contributed by atoms with E-state index in [1.807, 2.05) is 5.16 Å². The van der Waals surface area contributed by atoms with Crippen LogP contribution in [0.5, 0.6) is 0 Å². The molecule has 5 nitrogen and oxygen atoms in total. The summed E-state index contributed by atoms with van der Waals surface area (Å²) in [5.41, 5.74) is -1.30. The Morgan fingerprint density at radius 3 is 2.50 bits per heavy atom. The summed E-state index contributed by atoms with van der Waals surface area (Å²) in [6.45, 7) is 0. The summed E-state index contributed by atoms with van der Waals surface area (Å²) in [6, 6.07) is 0. The largest absolute Gasteiger partial charge is 0.476 e. The molecule has 0 fully saturated rings. The molecule has 54 valence electrons. The van der Waals surface area contributed by atoms with Crippen molar-refractivity contribution in [2.24, 2.45) is 0 Å². The average Bonchev–Trinajstić information content (AvgIpc) is 2.14. The molecule has 0 spiro atoms. The molecule has 0 bridgehead atoms. The third-order valence-electron chi connectivity index (χ3n) is 0.858. The van der Waals surface area contributed by atoms with Crippen LogP contribution in [0.15, 0.2) is 9.32 Å². The first-order chi connectivity index (χ1) is 4.63. The molecule has 0 aliphatic carbocycles. The zero-order chi connectivity index (χ0) is 7.72. The first-order valence-corrected chi connectivity index (χ1v) is 2.61. The van der Waals surface area contributed by atoms with Crippen LogP contribution in [-0.2, 0) is 0 Å². The van der Waals surface area contributed by atoms with E-state index in [-0.39, 0.29) is 0 Å². The van der Waals surface area contributed by atoms with Gasteiger partial charge in [0.2, 0.25) is 0 Å². The van der Waals surface area contributed by atoms with Gasteiger partial charge in [0.15, 0.2) is 10.7 Å². The Balaban J connectivity index is 3.31. The zero-order valence-corrected chi connectivity index (χ0v) is 5.31. The van der Waals surface area contributed by atoms with Crippen molar-refractivity contribution in [2.45, 2.75) is 0 Å². The summed E-state index contributed by atoms with van der Waals surface area (Å²) >= 11 is 5.19. The van der Waals surface area contributed by atoms with Gasteiger partial charge in [-0.05, 0) is 0 Å². The number of hydrogen-bond donors (Lipinski definition) is 2. The molecule has 0 aliphatic heterocycles. The Labute approximate surface area is 59.2 Å². The third-order valence-corrected chi connectivity index (χ3v) is 1.20. The Morgan fingerprint density at radius 1 is 1.70 bits per heavy atom. The molecule has 6 heteroatoms. The summed E-state index contributed by atoms with van der Waals surface area (Å²) < 4.78 is 4.06. The van der Waals surface area contributed by atoms with Crippen molar-refractivity contribution in [1.29, 1.82) is 0 Å². The van der Waals surface area contributed by atoms with Crippen LogP contribution in [0.4, 0.5) is 0 Å². The monoisotopic (exact) mass is 163 g/mol. The highest BCUT2D eigenvalue weighted by Gasteiger charge is 2.14. The van der Waals surface area contributed by atoms with E-state index in [4.69, 9.17) is 16.7 Å². The van der Waals surface area contributed by atoms with Gasteiger partial charge >= 0.3 is 11.6 Å². The summed E-state index contributed by atoms with van der Waals surface area (Å²) in [4.78, 5) is 20.5. The second-order valence-electron chi connectivity index (χ2n) is 1.49. The Bertz CT molecular complexity index is 311. The number of carboxylic acids is 1. The van der Waals surface area contributed by atoms with Crippen LogP contribution >= 0.6 is 11.6 Å². The molecule has 0 amide bonds. The lowest BCUT2D eigenvalue weighted by Gasteiger charge is -1.81. The molecule has 0 saturated carbocycles. The topological polar surface area (TPSA) is 83.3 Å². The van der Waals surface area contributed by atoms with Crippen molar-refractivity contribution >= 4 is 17.6 Å². The van der Waals surface area contributed by atoms with Gasteiger partial charge < -0.3 is 9.63 Å². The van der Waals surface area contributed by atoms with E-state index >= 15 is 0 Å². The molecule has 1 aromatic heterocycles. The van der Waals surface area contributed by atoms with Crippen LogP contribution in [0.1, 0.15) is 10.5 Å². The van der Waals surface area contributed by atoms with E-state index in [9.17, 15) is 9.59 Å². The second kappa shape index (κ2) is 2.18. The summed E-state index contributed by atoms with van der Waals surface area (Å²) in [6.07, 6.45) is 0. The summed E-state index contributed by atoms with van der Waals surface area (Å²) in [5, 5.41) is 9.68. The predicted octanol–water partition coefficient (Wildman–Crippen LogP) is 0.320. The van der Waals surface area contributed by atoms with Crippen molar-refractivity contribution in [1.82, 2.24) is 5.16 Å². The van der Waals surface area contributed by atoms with Crippen molar-refractivity contribution in [3.63, 3.8) is 0 Å². The fourth-order valence-corrected chi connectivity index (χ4v) is 0.585. The molecular formula is C4H2ClNO4. The van der Waals surface area contributed by atoms with Crippen LogP contribution < -0.4 is 5.63 Å². The van der Waals surface area contributed by atoms with Gasteiger partial charge in [0.1, 0.15) is 0 Å². The molecule has 2 N–H and O–H groups in total. The highest BCUT2D eigenvalue weighted by molar-refractivity contribution is 6.32. The number of nitrogens with one attached hydrogen (secondary N) is 1. The number of aromatic nitrogens is 1. The molecule has 0 unspecified atom stereocenters. The minimum Gasteiger partial charge on any atom is -0.476 e. The number of aromatic carboxylic acids is 1. The quantitative estimate of drug-likeness (QED) is 0.625. The average molecular weight is 164 g/mol. The number of hydrogen-bond acceptors (Lipinski definition) is 3. The predicted molar refractivity (Wildman–Crippen MR) is 31.3 cm³/mol. The highest BCUT2D eigenvalue weighted by atomic mass is 35.5. The van der Waals surface area contributed by atoms with Crippen LogP contribution in [0.3, 0.4) is 0 Å². The van der Waals surface area contributed by atoms with Gasteiger partial charge in [0, 0.05) is 0 Å². The normalized spacial score (nSPS) is 9.70. The molecule has 0 saturated heterocycles. The smallest absolute Gasteiger partial charge is 0.376 e. The molecule has 0 atom stereocenters. The molecule has 1 rings (SSSR count). The molecular weight excluding hydrogens is 162 g/mol. The van der Waals surface area contributed by atoms with Crippen LogP contribution in [0.25, 0.3) is 0 Å². The van der Waals surface area contributed by atoms with Crippen molar-refractivity contribution in [3.8, 4) is 0 Å². The number of aromatic amines is 1. The van der Waals surface area contributed by atoms with E-state index in [1.165, 1.54) is 0 Å². The molecule has 0 aromatic carbocycles. The zero-order valence-electron chi connectivity index (χ0n) is 4.55. The van der Waals surface area contributed by atoms with Gasteiger partial charge in [-0.15, -0.1) is 0 Å². The van der Waals surface area contributed by atoms with Gasteiger partial charge in [0.05, 0.1) is 0 Å². The minimum absolute atomic E-state index is 0.424. The third kappa shape index (κ3) is 0.906. The van der Waals surface area contributed by atoms with Crippen molar-refractivity contribution in [2.75, 3.05) is 0 Å². The number of carboxylic acid groups (broad SMARTS) is 1. The van der Waals surface area contributed by atoms with Crippen molar-refractivity contribution < 1.29 is 14.4 Å². The molecule has 10 heavy (non-hydrogen) atoms. The van der Waals surface area contributed by atoms with Gasteiger partial charge in [0.25, 0.3) is 0 Å². The number of H-pyrrole nitrogens is 1. The molecule has 0 aliphatic rings. The van der Waals surface area contributed by atoms with E-state index in [0.717, 1.165) is 0 Å². The SMILES string of the molecule is O=C(O)c1[nH]oc(=O)c1Cl. The van der Waals surface area contributed by atoms with E-state index in [2.05, 4.69) is 4.52 Å². The first kappa shape index (κ1) is 6.88. The number of carbonyl (C=O) groups is 1.